The van der Waals surface area contributed by atoms with Crippen molar-refractivity contribution in [1.29, 1.82) is 0 Å². The lowest BCUT2D eigenvalue weighted by Crippen LogP contribution is -2.41. The summed E-state index contributed by atoms with van der Waals surface area (Å²) in [5.41, 5.74) is 1.95. The van der Waals surface area contributed by atoms with E-state index < -0.39 is 10.0 Å². The molecule has 1 heterocycles. The highest BCUT2D eigenvalue weighted by atomic mass is 32.2. The summed E-state index contributed by atoms with van der Waals surface area (Å²) in [7, 11) is -2.02. The van der Waals surface area contributed by atoms with E-state index in [0.29, 0.717) is 31.7 Å². The number of piperidine rings is 1. The van der Waals surface area contributed by atoms with Crippen molar-refractivity contribution in [2.75, 3.05) is 25.5 Å². The van der Waals surface area contributed by atoms with Crippen LogP contribution in [0.4, 0.5) is 5.69 Å². The number of hydrogen-bond donors (Lipinski definition) is 1. The second-order valence-corrected chi connectivity index (χ2v) is 8.84. The Morgan fingerprint density at radius 3 is 2.43 bits per heavy atom. The molecule has 0 bridgehead atoms. The lowest BCUT2D eigenvalue weighted by Gasteiger charge is -2.30. The Morgan fingerprint density at radius 2 is 1.82 bits per heavy atom. The minimum absolute atomic E-state index is 0.0465. The molecule has 0 aromatic heterocycles. The van der Waals surface area contributed by atoms with Gasteiger partial charge in [0, 0.05) is 24.7 Å². The van der Waals surface area contributed by atoms with Gasteiger partial charge in [-0.3, -0.25) is 4.79 Å². The second kappa shape index (κ2) is 8.75. The molecule has 1 amide bonds. The SMILES string of the molecule is CCc1cccc(NC(=O)C2CCN(S(=O)(=O)c3ccc(OC)cc3)CC2)c1. The van der Waals surface area contributed by atoms with Crippen molar-refractivity contribution < 1.29 is 17.9 Å². The normalized spacial score (nSPS) is 15.9. The molecule has 7 heteroatoms. The Bertz CT molecular complexity index is 918. The van der Waals surface area contributed by atoms with E-state index in [1.54, 1.807) is 24.3 Å². The summed E-state index contributed by atoms with van der Waals surface area (Å²) < 4.78 is 32.2. The van der Waals surface area contributed by atoms with Crippen LogP contribution in [0.3, 0.4) is 0 Å². The molecule has 0 unspecified atom stereocenters. The summed E-state index contributed by atoms with van der Waals surface area (Å²) >= 11 is 0. The average Bonchev–Trinajstić information content (AvgIpc) is 2.74. The molecule has 6 nitrogen and oxygen atoms in total. The maximum atomic E-state index is 12.8. The van der Waals surface area contributed by atoms with Crippen LogP contribution in [0.15, 0.2) is 53.4 Å². The second-order valence-electron chi connectivity index (χ2n) is 6.90. The van der Waals surface area contributed by atoms with Crippen molar-refractivity contribution in [2.24, 2.45) is 5.92 Å². The van der Waals surface area contributed by atoms with E-state index in [1.165, 1.54) is 17.0 Å². The molecule has 150 valence electrons. The van der Waals surface area contributed by atoms with Gasteiger partial charge in [0.15, 0.2) is 0 Å². The summed E-state index contributed by atoms with van der Waals surface area (Å²) in [5, 5.41) is 2.96. The number of hydrogen-bond acceptors (Lipinski definition) is 4. The van der Waals surface area contributed by atoms with Crippen molar-refractivity contribution >= 4 is 21.6 Å². The van der Waals surface area contributed by atoms with Crippen LogP contribution < -0.4 is 10.1 Å². The Labute approximate surface area is 166 Å². The molecule has 28 heavy (non-hydrogen) atoms. The van der Waals surface area contributed by atoms with Crippen molar-refractivity contribution in [1.82, 2.24) is 4.31 Å². The van der Waals surface area contributed by atoms with Crippen molar-refractivity contribution in [2.45, 2.75) is 31.1 Å². The molecule has 0 aliphatic carbocycles. The Hall–Kier alpha value is -2.38. The summed E-state index contributed by atoms with van der Waals surface area (Å²) in [6.45, 7) is 2.74. The zero-order valence-electron chi connectivity index (χ0n) is 16.2. The fourth-order valence-electron chi connectivity index (χ4n) is 3.37. The molecule has 3 rings (SSSR count). The third kappa shape index (κ3) is 4.54. The zero-order valence-corrected chi connectivity index (χ0v) is 17.0. The van der Waals surface area contributed by atoms with Gasteiger partial charge < -0.3 is 10.1 Å². The van der Waals surface area contributed by atoms with Gasteiger partial charge in [-0.2, -0.15) is 4.31 Å². The van der Waals surface area contributed by atoms with Gasteiger partial charge in [0.1, 0.15) is 5.75 Å². The maximum absolute atomic E-state index is 12.8. The average molecular weight is 403 g/mol. The smallest absolute Gasteiger partial charge is 0.243 e. The van der Waals surface area contributed by atoms with Crippen molar-refractivity contribution in [3.63, 3.8) is 0 Å². The van der Waals surface area contributed by atoms with Gasteiger partial charge in [-0.25, -0.2) is 8.42 Å². The summed E-state index contributed by atoms with van der Waals surface area (Å²) in [5.74, 6) is 0.379. The first kappa shape index (κ1) is 20.4. The summed E-state index contributed by atoms with van der Waals surface area (Å²) in [6, 6.07) is 14.2. The topological polar surface area (TPSA) is 75.7 Å². The van der Waals surface area contributed by atoms with E-state index in [2.05, 4.69) is 12.2 Å². The molecule has 2 aromatic rings. The van der Waals surface area contributed by atoms with E-state index in [4.69, 9.17) is 4.74 Å². The standard InChI is InChI=1S/C21H26N2O4S/c1-3-16-5-4-6-18(15-16)22-21(24)17-11-13-23(14-12-17)28(25,26)20-9-7-19(27-2)8-10-20/h4-10,15,17H,3,11-14H2,1-2H3,(H,22,24). The van der Waals surface area contributed by atoms with Gasteiger partial charge in [0.2, 0.25) is 15.9 Å². The first-order valence-corrected chi connectivity index (χ1v) is 10.9. The molecule has 0 radical (unpaired) electrons. The summed E-state index contributed by atoms with van der Waals surface area (Å²) in [6.07, 6.45) is 1.93. The van der Waals surface area contributed by atoms with Gasteiger partial charge in [0.25, 0.3) is 0 Å². The Morgan fingerprint density at radius 1 is 1.14 bits per heavy atom. The van der Waals surface area contributed by atoms with Crippen LogP contribution >= 0.6 is 0 Å². The number of aryl methyl sites for hydroxylation is 1. The van der Waals surface area contributed by atoms with Gasteiger partial charge >= 0.3 is 0 Å². The predicted molar refractivity (Wildman–Crippen MR) is 109 cm³/mol. The molecule has 0 spiro atoms. The number of ether oxygens (including phenoxy) is 1. The number of carbonyl (C=O) groups is 1. The third-order valence-electron chi connectivity index (χ3n) is 5.12. The Balaban J connectivity index is 1.60. The van der Waals surface area contributed by atoms with Crippen LogP contribution in [0.25, 0.3) is 0 Å². The van der Waals surface area contributed by atoms with E-state index in [0.717, 1.165) is 12.1 Å². The Kier molecular flexibility index (Phi) is 6.36. The van der Waals surface area contributed by atoms with Crippen LogP contribution in [0.2, 0.25) is 0 Å². The number of benzene rings is 2. The fraction of sp³-hybridized carbons (Fsp3) is 0.381. The molecular weight excluding hydrogens is 376 g/mol. The zero-order chi connectivity index (χ0) is 20.1. The van der Waals surface area contributed by atoms with Gasteiger partial charge in [0.05, 0.1) is 12.0 Å². The molecule has 0 saturated carbocycles. The minimum atomic E-state index is -3.56. The number of anilines is 1. The molecule has 1 N–H and O–H groups in total. The minimum Gasteiger partial charge on any atom is -0.497 e. The quantitative estimate of drug-likeness (QED) is 0.804. The van der Waals surface area contributed by atoms with E-state index >= 15 is 0 Å². The monoisotopic (exact) mass is 402 g/mol. The lowest BCUT2D eigenvalue weighted by atomic mass is 9.97. The van der Waals surface area contributed by atoms with E-state index in [9.17, 15) is 13.2 Å². The highest BCUT2D eigenvalue weighted by Gasteiger charge is 2.32. The molecule has 2 aromatic carbocycles. The predicted octanol–water partition coefficient (Wildman–Crippen LogP) is 3.30. The van der Waals surface area contributed by atoms with Crippen LogP contribution in [-0.2, 0) is 21.2 Å². The fourth-order valence-corrected chi connectivity index (χ4v) is 4.84. The van der Waals surface area contributed by atoms with Crippen LogP contribution in [0.5, 0.6) is 5.75 Å². The molecule has 0 atom stereocenters. The number of carbonyl (C=O) groups excluding carboxylic acids is 1. The first-order chi connectivity index (χ1) is 13.4. The molecular formula is C21H26N2O4S. The van der Waals surface area contributed by atoms with Crippen molar-refractivity contribution in [3.8, 4) is 5.75 Å². The molecule has 1 aliphatic heterocycles. The first-order valence-electron chi connectivity index (χ1n) is 9.48. The number of sulfonamides is 1. The van der Waals surface area contributed by atoms with Crippen molar-refractivity contribution in [3.05, 3.63) is 54.1 Å². The number of methoxy groups -OCH3 is 1. The number of nitrogens with one attached hydrogen (secondary N) is 1. The lowest BCUT2D eigenvalue weighted by molar-refractivity contribution is -0.120. The van der Waals surface area contributed by atoms with Gasteiger partial charge in [-0.05, 0) is 61.2 Å². The number of nitrogens with zero attached hydrogens (tertiary/aromatic N) is 1. The van der Waals surface area contributed by atoms with Crippen LogP contribution in [0, 0.1) is 5.92 Å². The molecule has 1 saturated heterocycles. The maximum Gasteiger partial charge on any atom is 0.243 e. The van der Waals surface area contributed by atoms with E-state index in [-0.39, 0.29) is 16.7 Å². The number of amides is 1. The molecule has 1 aliphatic rings. The highest BCUT2D eigenvalue weighted by Crippen LogP contribution is 2.26. The van der Waals surface area contributed by atoms with Crippen LogP contribution in [0.1, 0.15) is 25.3 Å². The largest absolute Gasteiger partial charge is 0.497 e. The third-order valence-corrected chi connectivity index (χ3v) is 7.04. The highest BCUT2D eigenvalue weighted by molar-refractivity contribution is 7.89. The number of rotatable bonds is 6. The van der Waals surface area contributed by atoms with Gasteiger partial charge in [-0.1, -0.05) is 19.1 Å². The van der Waals surface area contributed by atoms with Gasteiger partial charge in [-0.15, -0.1) is 0 Å². The van der Waals surface area contributed by atoms with Crippen LogP contribution in [-0.4, -0.2) is 38.8 Å². The molecule has 1 fully saturated rings. The summed E-state index contributed by atoms with van der Waals surface area (Å²) in [4.78, 5) is 12.8. The van der Waals surface area contributed by atoms with E-state index in [1.807, 2.05) is 24.3 Å².